The number of carbonyl (C=O) groups excluding carboxylic acids is 1. The van der Waals surface area contributed by atoms with Gasteiger partial charge >= 0.3 is 18.0 Å². The first-order chi connectivity index (χ1) is 9.17. The molecule has 0 aromatic carbocycles. The smallest absolute Gasteiger partial charge is 0.462 e. The summed E-state index contributed by atoms with van der Waals surface area (Å²) < 4.78 is 44.7. The second-order valence-corrected chi connectivity index (χ2v) is 4.19. The van der Waals surface area contributed by atoms with Gasteiger partial charge in [-0.05, 0) is 29.5 Å². The molecule has 7 nitrogen and oxygen atoms in total. The Kier molecular flexibility index (Phi) is 5.08. The molecule has 0 radical (unpaired) electrons. The van der Waals surface area contributed by atoms with Crippen LogP contribution in [-0.2, 0) is 4.74 Å². The van der Waals surface area contributed by atoms with E-state index in [-0.39, 0.29) is 10.3 Å². The average molecular weight is 406 g/mol. The van der Waals surface area contributed by atoms with Gasteiger partial charge in [0.25, 0.3) is 0 Å². The number of esters is 1. The lowest BCUT2D eigenvalue weighted by Crippen LogP contribution is -2.21. The van der Waals surface area contributed by atoms with Gasteiger partial charge < -0.3 is 9.47 Å². The molecule has 0 saturated carbocycles. The minimum atomic E-state index is -5.13. The zero-order chi connectivity index (χ0) is 15.5. The monoisotopic (exact) mass is 406 g/mol. The summed E-state index contributed by atoms with van der Waals surface area (Å²) in [4.78, 5) is 24.8. The van der Waals surface area contributed by atoms with E-state index in [2.05, 4.69) is 14.5 Å². The van der Waals surface area contributed by atoms with Crippen LogP contribution < -0.4 is 4.74 Å². The lowest BCUT2D eigenvalue weighted by molar-refractivity contribution is -0.385. The van der Waals surface area contributed by atoms with Crippen LogP contribution in [0.3, 0.4) is 0 Å². The van der Waals surface area contributed by atoms with Gasteiger partial charge in [-0.3, -0.25) is 10.1 Å². The molecule has 0 aliphatic carbocycles. The molecule has 0 aliphatic heterocycles. The summed E-state index contributed by atoms with van der Waals surface area (Å²) in [6.45, 7) is 1.24. The van der Waals surface area contributed by atoms with Gasteiger partial charge in [-0.25, -0.2) is 9.78 Å². The maximum atomic E-state index is 12.3. The molecule has 0 amide bonds. The Labute approximate surface area is 123 Å². The van der Waals surface area contributed by atoms with E-state index in [0.29, 0.717) is 6.20 Å². The van der Waals surface area contributed by atoms with Crippen molar-refractivity contribution in [3.05, 3.63) is 25.6 Å². The summed E-state index contributed by atoms with van der Waals surface area (Å²) in [6.07, 6.45) is -4.46. The first kappa shape index (κ1) is 16.4. The molecule has 0 N–H and O–H groups in total. The first-order valence-electron chi connectivity index (χ1n) is 4.93. The largest absolute Gasteiger partial charge is 0.573 e. The van der Waals surface area contributed by atoms with E-state index in [1.54, 1.807) is 0 Å². The molecular formula is C9H6F3IN2O5. The van der Waals surface area contributed by atoms with Crippen molar-refractivity contribution >= 4 is 34.2 Å². The molecule has 0 unspecified atom stereocenters. The maximum absolute atomic E-state index is 12.3. The number of hydrogen-bond acceptors (Lipinski definition) is 6. The standard InChI is InChI=1S/C9H6F3IN2O5/c1-2-19-8(16)5-4(15(17)18)3-14-7(13)6(5)20-9(10,11)12/h3H,2H2,1H3. The fraction of sp³-hybridized carbons (Fsp3) is 0.333. The topological polar surface area (TPSA) is 91.6 Å². The molecule has 1 aromatic rings. The highest BCUT2D eigenvalue weighted by atomic mass is 127. The van der Waals surface area contributed by atoms with E-state index in [1.165, 1.54) is 29.5 Å². The average Bonchev–Trinajstić information content (AvgIpc) is 2.29. The molecule has 11 heteroatoms. The van der Waals surface area contributed by atoms with Crippen molar-refractivity contribution < 1.29 is 32.4 Å². The van der Waals surface area contributed by atoms with E-state index in [9.17, 15) is 28.1 Å². The van der Waals surface area contributed by atoms with Crippen LogP contribution >= 0.6 is 22.6 Å². The highest BCUT2D eigenvalue weighted by Gasteiger charge is 2.38. The highest BCUT2D eigenvalue weighted by molar-refractivity contribution is 14.1. The molecule has 0 aliphatic rings. The van der Waals surface area contributed by atoms with Crippen molar-refractivity contribution in [1.82, 2.24) is 4.98 Å². The molecule has 0 atom stereocenters. The lowest BCUT2D eigenvalue weighted by Gasteiger charge is -2.13. The minimum Gasteiger partial charge on any atom is -0.462 e. The van der Waals surface area contributed by atoms with Crippen LogP contribution in [0.15, 0.2) is 6.20 Å². The first-order valence-corrected chi connectivity index (χ1v) is 6.01. The molecule has 110 valence electrons. The van der Waals surface area contributed by atoms with Gasteiger partial charge in [0.05, 0.1) is 11.5 Å². The number of ether oxygens (including phenoxy) is 2. The van der Waals surface area contributed by atoms with Crippen LogP contribution in [0, 0.1) is 13.8 Å². The van der Waals surface area contributed by atoms with E-state index in [1.807, 2.05) is 0 Å². The predicted molar refractivity (Wildman–Crippen MR) is 66.2 cm³/mol. The van der Waals surface area contributed by atoms with Gasteiger partial charge in [0.2, 0.25) is 0 Å². The Morgan fingerprint density at radius 1 is 1.55 bits per heavy atom. The minimum absolute atomic E-state index is 0.166. The molecule has 1 rings (SSSR count). The SMILES string of the molecule is CCOC(=O)c1c([N+](=O)[O-])cnc(I)c1OC(F)(F)F. The van der Waals surface area contributed by atoms with Gasteiger partial charge in [0.15, 0.2) is 11.3 Å². The van der Waals surface area contributed by atoms with Crippen molar-refractivity contribution in [2.24, 2.45) is 0 Å². The zero-order valence-electron chi connectivity index (χ0n) is 9.73. The quantitative estimate of drug-likeness (QED) is 0.251. The predicted octanol–water partition coefficient (Wildman–Crippen LogP) is 2.67. The highest BCUT2D eigenvalue weighted by Crippen LogP contribution is 2.35. The molecule has 1 heterocycles. The number of nitrogens with zero attached hydrogens (tertiary/aromatic N) is 2. The third-order valence-electron chi connectivity index (χ3n) is 1.86. The van der Waals surface area contributed by atoms with Crippen molar-refractivity contribution in [3.8, 4) is 5.75 Å². The van der Waals surface area contributed by atoms with Crippen molar-refractivity contribution in [2.45, 2.75) is 13.3 Å². The Morgan fingerprint density at radius 3 is 2.60 bits per heavy atom. The van der Waals surface area contributed by atoms with E-state index < -0.39 is 34.3 Å². The fourth-order valence-corrected chi connectivity index (χ4v) is 1.73. The summed E-state index contributed by atoms with van der Waals surface area (Å²) in [6, 6.07) is 0. The summed E-state index contributed by atoms with van der Waals surface area (Å²) in [5, 5.41) is 10.8. The maximum Gasteiger partial charge on any atom is 0.573 e. The molecule has 0 spiro atoms. The van der Waals surface area contributed by atoms with Crippen LogP contribution in [0.5, 0.6) is 5.75 Å². The Hall–Kier alpha value is -1.66. The second kappa shape index (κ2) is 6.19. The zero-order valence-corrected chi connectivity index (χ0v) is 11.9. The van der Waals surface area contributed by atoms with E-state index >= 15 is 0 Å². The molecule has 0 bridgehead atoms. The lowest BCUT2D eigenvalue weighted by atomic mass is 10.2. The van der Waals surface area contributed by atoms with Gasteiger partial charge in [0.1, 0.15) is 9.90 Å². The summed E-state index contributed by atoms with van der Waals surface area (Å²) >= 11 is 1.36. The van der Waals surface area contributed by atoms with Gasteiger partial charge in [-0.15, -0.1) is 13.2 Å². The van der Waals surface area contributed by atoms with Gasteiger partial charge in [-0.1, -0.05) is 0 Å². The number of rotatable bonds is 4. The molecule has 20 heavy (non-hydrogen) atoms. The number of hydrogen-bond donors (Lipinski definition) is 0. The van der Waals surface area contributed by atoms with E-state index in [4.69, 9.17) is 0 Å². The van der Waals surface area contributed by atoms with Crippen LogP contribution in [-0.4, -0.2) is 28.8 Å². The van der Waals surface area contributed by atoms with Gasteiger partial charge in [-0.2, -0.15) is 0 Å². The third-order valence-corrected chi connectivity index (χ3v) is 2.63. The van der Waals surface area contributed by atoms with E-state index in [0.717, 1.165) is 0 Å². The second-order valence-electron chi connectivity index (χ2n) is 3.16. The molecular weight excluding hydrogens is 400 g/mol. The molecule has 0 saturated heterocycles. The van der Waals surface area contributed by atoms with Crippen molar-refractivity contribution in [1.29, 1.82) is 0 Å². The Morgan fingerprint density at radius 2 is 2.15 bits per heavy atom. The number of nitro groups is 1. The van der Waals surface area contributed by atoms with Crippen LogP contribution in [0.2, 0.25) is 0 Å². The number of pyridine rings is 1. The fourth-order valence-electron chi connectivity index (χ4n) is 1.21. The third kappa shape index (κ3) is 3.91. The molecule has 1 aromatic heterocycles. The van der Waals surface area contributed by atoms with Gasteiger partial charge in [0, 0.05) is 0 Å². The van der Waals surface area contributed by atoms with Crippen LogP contribution in [0.25, 0.3) is 0 Å². The Bertz CT molecular complexity index is 549. The van der Waals surface area contributed by atoms with Crippen molar-refractivity contribution in [3.63, 3.8) is 0 Å². The van der Waals surface area contributed by atoms with Crippen LogP contribution in [0.4, 0.5) is 18.9 Å². The number of alkyl halides is 3. The van der Waals surface area contributed by atoms with Crippen LogP contribution in [0.1, 0.15) is 17.3 Å². The number of carbonyl (C=O) groups is 1. The van der Waals surface area contributed by atoms with Crippen molar-refractivity contribution in [2.75, 3.05) is 6.61 Å². The summed E-state index contributed by atoms with van der Waals surface area (Å²) in [7, 11) is 0. The number of halogens is 4. The summed E-state index contributed by atoms with van der Waals surface area (Å²) in [5.41, 5.74) is -1.85. The number of aromatic nitrogens is 1. The molecule has 0 fully saturated rings. The normalized spacial score (nSPS) is 11.1. The summed E-state index contributed by atoms with van der Waals surface area (Å²) in [5.74, 6) is -2.34. The Balaban J connectivity index is 3.49.